The zero-order chi connectivity index (χ0) is 14.5. The van der Waals surface area contributed by atoms with Crippen LogP contribution in [0.1, 0.15) is 23.2 Å². The summed E-state index contributed by atoms with van der Waals surface area (Å²) in [6.45, 7) is 1.93. The summed E-state index contributed by atoms with van der Waals surface area (Å²) < 4.78 is 15.3. The van der Waals surface area contributed by atoms with Gasteiger partial charge in [0.25, 0.3) is 5.91 Å². The van der Waals surface area contributed by atoms with Gasteiger partial charge in [0.05, 0.1) is 14.2 Å². The number of rotatable bonds is 5. The maximum atomic E-state index is 12.0. The third kappa shape index (κ3) is 2.90. The van der Waals surface area contributed by atoms with Crippen LogP contribution >= 0.6 is 0 Å². The van der Waals surface area contributed by atoms with Crippen molar-refractivity contribution in [3.8, 4) is 11.5 Å². The van der Waals surface area contributed by atoms with E-state index in [1.807, 2.05) is 6.92 Å². The molecule has 0 fully saturated rings. The molecule has 0 radical (unpaired) electrons. The van der Waals surface area contributed by atoms with Crippen LogP contribution in [0.2, 0.25) is 0 Å². The summed E-state index contributed by atoms with van der Waals surface area (Å²) in [5.74, 6) is 1.48. The Bertz CT molecular complexity index is 607. The van der Waals surface area contributed by atoms with E-state index in [0.717, 1.165) is 0 Å². The minimum atomic E-state index is -0.333. The number of aryl methyl sites for hydroxylation is 1. The highest BCUT2D eigenvalue weighted by molar-refractivity contribution is 6.02. The Labute approximate surface area is 116 Å². The minimum Gasteiger partial charge on any atom is -0.493 e. The molecule has 6 nitrogen and oxygen atoms in total. The molecule has 0 aliphatic rings. The molecule has 1 aromatic heterocycles. The molecule has 2 rings (SSSR count). The molecule has 1 aromatic carbocycles. The first-order valence-electron chi connectivity index (χ1n) is 6.17. The smallest absolute Gasteiger partial charge is 0.277 e. The predicted octanol–water partition coefficient (Wildman–Crippen LogP) is 2.51. The van der Waals surface area contributed by atoms with Crippen LogP contribution in [0.25, 0.3) is 0 Å². The average Bonchev–Trinajstić information content (AvgIpc) is 2.96. The van der Waals surface area contributed by atoms with Gasteiger partial charge < -0.3 is 19.3 Å². The first-order chi connectivity index (χ1) is 9.67. The van der Waals surface area contributed by atoms with Crippen LogP contribution in [0.4, 0.5) is 5.69 Å². The fourth-order valence-electron chi connectivity index (χ4n) is 1.70. The second-order valence-corrected chi connectivity index (χ2v) is 4.06. The number of hydrogen-bond donors (Lipinski definition) is 1. The zero-order valence-corrected chi connectivity index (χ0v) is 11.6. The van der Waals surface area contributed by atoms with Crippen LogP contribution in [0.3, 0.4) is 0 Å². The molecule has 6 heteroatoms. The van der Waals surface area contributed by atoms with Crippen molar-refractivity contribution in [3.05, 3.63) is 35.7 Å². The topological polar surface area (TPSA) is 73.6 Å². The SMILES string of the molecule is CCc1cc(C(=O)Nc2ccc(OC)c(OC)c2)no1. The fourth-order valence-corrected chi connectivity index (χ4v) is 1.70. The van der Waals surface area contributed by atoms with Crippen LogP contribution in [-0.2, 0) is 6.42 Å². The van der Waals surface area contributed by atoms with E-state index in [4.69, 9.17) is 14.0 Å². The van der Waals surface area contributed by atoms with E-state index in [9.17, 15) is 4.79 Å². The quantitative estimate of drug-likeness (QED) is 0.908. The number of anilines is 1. The number of benzene rings is 1. The van der Waals surface area contributed by atoms with Crippen LogP contribution in [0, 0.1) is 0 Å². The van der Waals surface area contributed by atoms with E-state index in [1.54, 1.807) is 31.4 Å². The first-order valence-corrected chi connectivity index (χ1v) is 6.17. The van der Waals surface area contributed by atoms with E-state index in [0.29, 0.717) is 29.4 Å². The molecular formula is C14H16N2O4. The Kier molecular flexibility index (Phi) is 4.24. The minimum absolute atomic E-state index is 0.247. The highest BCUT2D eigenvalue weighted by Gasteiger charge is 2.13. The number of nitrogens with zero attached hydrogens (tertiary/aromatic N) is 1. The van der Waals surface area contributed by atoms with Gasteiger partial charge in [0.15, 0.2) is 17.2 Å². The third-order valence-corrected chi connectivity index (χ3v) is 2.78. The third-order valence-electron chi connectivity index (χ3n) is 2.78. The largest absolute Gasteiger partial charge is 0.493 e. The number of nitrogens with one attached hydrogen (secondary N) is 1. The molecule has 1 N–H and O–H groups in total. The Morgan fingerprint density at radius 1 is 1.25 bits per heavy atom. The van der Waals surface area contributed by atoms with Gasteiger partial charge in [0.1, 0.15) is 5.76 Å². The van der Waals surface area contributed by atoms with Gasteiger partial charge in [0, 0.05) is 24.2 Å². The van der Waals surface area contributed by atoms with Gasteiger partial charge in [-0.3, -0.25) is 4.79 Å². The molecule has 0 saturated heterocycles. The van der Waals surface area contributed by atoms with Crippen LogP contribution in [0.5, 0.6) is 11.5 Å². The molecule has 0 aliphatic carbocycles. The highest BCUT2D eigenvalue weighted by Crippen LogP contribution is 2.29. The van der Waals surface area contributed by atoms with Crippen molar-refractivity contribution in [2.75, 3.05) is 19.5 Å². The lowest BCUT2D eigenvalue weighted by Gasteiger charge is -2.09. The van der Waals surface area contributed by atoms with Crippen molar-refractivity contribution in [1.29, 1.82) is 0 Å². The highest BCUT2D eigenvalue weighted by atomic mass is 16.5. The van der Waals surface area contributed by atoms with Crippen LogP contribution < -0.4 is 14.8 Å². The van der Waals surface area contributed by atoms with E-state index < -0.39 is 0 Å². The van der Waals surface area contributed by atoms with Gasteiger partial charge in [-0.1, -0.05) is 12.1 Å². The number of aromatic nitrogens is 1. The number of amides is 1. The van der Waals surface area contributed by atoms with Crippen molar-refractivity contribution in [1.82, 2.24) is 5.16 Å². The van der Waals surface area contributed by atoms with Gasteiger partial charge >= 0.3 is 0 Å². The van der Waals surface area contributed by atoms with Crippen molar-refractivity contribution >= 4 is 11.6 Å². The second-order valence-electron chi connectivity index (χ2n) is 4.06. The van der Waals surface area contributed by atoms with Gasteiger partial charge in [0.2, 0.25) is 0 Å². The number of methoxy groups -OCH3 is 2. The van der Waals surface area contributed by atoms with E-state index in [2.05, 4.69) is 10.5 Å². The van der Waals surface area contributed by atoms with E-state index in [1.165, 1.54) is 7.11 Å². The van der Waals surface area contributed by atoms with Gasteiger partial charge in [-0.2, -0.15) is 0 Å². The van der Waals surface area contributed by atoms with Crippen LogP contribution in [0.15, 0.2) is 28.8 Å². The van der Waals surface area contributed by atoms with Gasteiger partial charge in [-0.05, 0) is 12.1 Å². The Morgan fingerprint density at radius 2 is 2.00 bits per heavy atom. The summed E-state index contributed by atoms with van der Waals surface area (Å²) in [7, 11) is 3.09. The summed E-state index contributed by atoms with van der Waals surface area (Å²) in [4.78, 5) is 12.0. The normalized spacial score (nSPS) is 10.2. The Balaban J connectivity index is 2.15. The predicted molar refractivity (Wildman–Crippen MR) is 73.4 cm³/mol. The van der Waals surface area contributed by atoms with E-state index in [-0.39, 0.29) is 11.6 Å². The summed E-state index contributed by atoms with van der Waals surface area (Å²) in [5, 5.41) is 6.44. The zero-order valence-electron chi connectivity index (χ0n) is 11.6. The maximum Gasteiger partial charge on any atom is 0.277 e. The number of hydrogen-bond acceptors (Lipinski definition) is 5. The maximum absolute atomic E-state index is 12.0. The molecule has 1 amide bonds. The number of carbonyl (C=O) groups is 1. The average molecular weight is 276 g/mol. The van der Waals surface area contributed by atoms with Crippen LogP contribution in [-0.4, -0.2) is 25.3 Å². The van der Waals surface area contributed by atoms with Gasteiger partial charge in [-0.15, -0.1) is 0 Å². The molecule has 2 aromatic rings. The van der Waals surface area contributed by atoms with Crippen molar-refractivity contribution in [3.63, 3.8) is 0 Å². The molecule has 0 bridgehead atoms. The fraction of sp³-hybridized carbons (Fsp3) is 0.286. The second kappa shape index (κ2) is 6.10. The monoisotopic (exact) mass is 276 g/mol. The molecule has 0 atom stereocenters. The number of carbonyl (C=O) groups excluding carboxylic acids is 1. The van der Waals surface area contributed by atoms with Crippen molar-refractivity contribution in [2.45, 2.75) is 13.3 Å². The Morgan fingerprint density at radius 3 is 2.60 bits per heavy atom. The summed E-state index contributed by atoms with van der Waals surface area (Å²) in [5.41, 5.74) is 0.838. The molecule has 106 valence electrons. The molecule has 1 heterocycles. The summed E-state index contributed by atoms with van der Waals surface area (Å²) in [6.07, 6.45) is 0.691. The lowest BCUT2D eigenvalue weighted by atomic mass is 10.2. The molecule has 0 saturated carbocycles. The lowest BCUT2D eigenvalue weighted by Crippen LogP contribution is -2.12. The summed E-state index contributed by atoms with van der Waals surface area (Å²) >= 11 is 0. The lowest BCUT2D eigenvalue weighted by molar-refractivity contribution is 0.101. The number of ether oxygens (including phenoxy) is 2. The molecular weight excluding hydrogens is 260 g/mol. The standard InChI is InChI=1S/C14H16N2O4/c1-4-10-8-11(16-20-10)14(17)15-9-5-6-12(18-2)13(7-9)19-3/h5-8H,4H2,1-3H3,(H,15,17). The molecule has 20 heavy (non-hydrogen) atoms. The first kappa shape index (κ1) is 13.9. The molecule has 0 aliphatic heterocycles. The molecule has 0 unspecified atom stereocenters. The van der Waals surface area contributed by atoms with E-state index >= 15 is 0 Å². The Hall–Kier alpha value is -2.50. The molecule has 0 spiro atoms. The van der Waals surface area contributed by atoms with Crippen molar-refractivity contribution < 1.29 is 18.8 Å². The summed E-state index contributed by atoms with van der Waals surface area (Å²) in [6, 6.07) is 6.74. The van der Waals surface area contributed by atoms with Gasteiger partial charge in [-0.25, -0.2) is 0 Å². The van der Waals surface area contributed by atoms with Crippen molar-refractivity contribution in [2.24, 2.45) is 0 Å².